The number of anilines is 2. The van der Waals surface area contributed by atoms with Crippen molar-refractivity contribution in [3.05, 3.63) is 29.8 Å². The molecule has 0 spiro atoms. The molecule has 1 saturated carbocycles. The van der Waals surface area contributed by atoms with Crippen molar-refractivity contribution in [1.82, 2.24) is 10.2 Å². The van der Waals surface area contributed by atoms with Crippen LogP contribution in [0.5, 0.6) is 0 Å². The van der Waals surface area contributed by atoms with Crippen molar-refractivity contribution in [2.75, 3.05) is 10.6 Å². The molecule has 0 saturated heterocycles. The quantitative estimate of drug-likeness (QED) is 0.791. The summed E-state index contributed by atoms with van der Waals surface area (Å²) in [5.41, 5.74) is 1.91. The van der Waals surface area contributed by atoms with Crippen molar-refractivity contribution in [3.8, 4) is 0 Å². The summed E-state index contributed by atoms with van der Waals surface area (Å²) in [6, 6.07) is 8.33. The number of hydrogen-bond acceptors (Lipinski definition) is 6. The maximum absolute atomic E-state index is 12.3. The standard InChI is InChI=1S/C15H18N4OS2/c1-9-5-3-4-6-12(9)17-13(20)10(2)21-15-19-18-14(22-15)16-11-7-8-11/h3-6,10-11H,7-8H2,1-2H3,(H,16,18)(H,17,20). The first-order valence-electron chi connectivity index (χ1n) is 7.25. The van der Waals surface area contributed by atoms with E-state index < -0.39 is 0 Å². The monoisotopic (exact) mass is 334 g/mol. The summed E-state index contributed by atoms with van der Waals surface area (Å²) in [5.74, 6) is -0.0220. The molecule has 1 amide bonds. The van der Waals surface area contributed by atoms with Crippen LogP contribution in [0.3, 0.4) is 0 Å². The van der Waals surface area contributed by atoms with Gasteiger partial charge in [-0.1, -0.05) is 41.3 Å². The highest BCUT2D eigenvalue weighted by atomic mass is 32.2. The minimum absolute atomic E-state index is 0.0220. The number of rotatable bonds is 6. The third kappa shape index (κ3) is 3.98. The number of para-hydroxylation sites is 1. The smallest absolute Gasteiger partial charge is 0.237 e. The topological polar surface area (TPSA) is 66.9 Å². The van der Waals surface area contributed by atoms with E-state index in [1.165, 1.54) is 35.9 Å². The molecule has 2 aromatic rings. The minimum Gasteiger partial charge on any atom is -0.357 e. The summed E-state index contributed by atoms with van der Waals surface area (Å²) in [6.45, 7) is 3.86. The lowest BCUT2D eigenvalue weighted by Gasteiger charge is -2.11. The fourth-order valence-corrected chi connectivity index (χ4v) is 3.84. The number of amides is 1. The fraction of sp³-hybridized carbons (Fsp3) is 0.400. The first kappa shape index (κ1) is 15.3. The van der Waals surface area contributed by atoms with Gasteiger partial charge >= 0.3 is 0 Å². The lowest BCUT2D eigenvalue weighted by atomic mass is 10.2. The average Bonchev–Trinajstić information content (AvgIpc) is 3.20. The number of thioether (sulfide) groups is 1. The second kappa shape index (κ2) is 6.66. The minimum atomic E-state index is -0.221. The largest absolute Gasteiger partial charge is 0.357 e. The second-order valence-electron chi connectivity index (χ2n) is 5.36. The SMILES string of the molecule is Cc1ccccc1NC(=O)C(C)Sc1nnc(NC2CC2)s1. The molecule has 0 bridgehead atoms. The maximum Gasteiger partial charge on any atom is 0.237 e. The molecule has 2 N–H and O–H groups in total. The summed E-state index contributed by atoms with van der Waals surface area (Å²) >= 11 is 2.94. The number of hydrogen-bond donors (Lipinski definition) is 2. The highest BCUT2D eigenvalue weighted by molar-refractivity contribution is 8.02. The molecule has 1 aromatic heterocycles. The van der Waals surface area contributed by atoms with E-state index in [2.05, 4.69) is 20.8 Å². The molecule has 5 nitrogen and oxygen atoms in total. The van der Waals surface area contributed by atoms with E-state index in [1.54, 1.807) is 0 Å². The molecular weight excluding hydrogens is 316 g/mol. The Labute approximate surface area is 137 Å². The van der Waals surface area contributed by atoms with Gasteiger partial charge in [-0.2, -0.15) is 0 Å². The van der Waals surface area contributed by atoms with Crippen LogP contribution in [-0.2, 0) is 4.79 Å². The van der Waals surface area contributed by atoms with Crippen LogP contribution < -0.4 is 10.6 Å². The zero-order valence-electron chi connectivity index (χ0n) is 12.5. The predicted molar refractivity (Wildman–Crippen MR) is 91.7 cm³/mol. The molecule has 1 aliphatic rings. The molecule has 1 aromatic carbocycles. The van der Waals surface area contributed by atoms with E-state index in [0.717, 1.165) is 20.7 Å². The Morgan fingerprint density at radius 1 is 1.36 bits per heavy atom. The van der Waals surface area contributed by atoms with Gasteiger partial charge in [0.25, 0.3) is 0 Å². The summed E-state index contributed by atoms with van der Waals surface area (Å²) in [4.78, 5) is 12.3. The van der Waals surface area contributed by atoms with Crippen molar-refractivity contribution in [3.63, 3.8) is 0 Å². The van der Waals surface area contributed by atoms with Crippen molar-refractivity contribution in [2.24, 2.45) is 0 Å². The highest BCUT2D eigenvalue weighted by Crippen LogP contribution is 2.32. The number of aryl methyl sites for hydroxylation is 1. The number of aromatic nitrogens is 2. The van der Waals surface area contributed by atoms with E-state index >= 15 is 0 Å². The first-order valence-corrected chi connectivity index (χ1v) is 8.94. The lowest BCUT2D eigenvalue weighted by Crippen LogP contribution is -2.22. The van der Waals surface area contributed by atoms with Gasteiger partial charge in [-0.15, -0.1) is 10.2 Å². The van der Waals surface area contributed by atoms with Crippen LogP contribution in [-0.4, -0.2) is 27.4 Å². The zero-order chi connectivity index (χ0) is 15.5. The third-order valence-electron chi connectivity index (χ3n) is 3.36. The molecule has 0 aliphatic heterocycles. The Hall–Kier alpha value is -1.60. The molecule has 1 heterocycles. The molecule has 1 atom stereocenters. The van der Waals surface area contributed by atoms with E-state index in [-0.39, 0.29) is 11.2 Å². The van der Waals surface area contributed by atoms with Crippen LogP contribution in [0.4, 0.5) is 10.8 Å². The molecule has 116 valence electrons. The van der Waals surface area contributed by atoms with Gasteiger partial charge < -0.3 is 10.6 Å². The van der Waals surface area contributed by atoms with Crippen LogP contribution in [0.2, 0.25) is 0 Å². The normalized spacial score (nSPS) is 15.4. The van der Waals surface area contributed by atoms with Gasteiger partial charge in [-0.25, -0.2) is 0 Å². The van der Waals surface area contributed by atoms with Gasteiger partial charge in [-0.05, 0) is 38.3 Å². The van der Waals surface area contributed by atoms with Crippen molar-refractivity contribution in [2.45, 2.75) is 42.3 Å². The van der Waals surface area contributed by atoms with Crippen LogP contribution in [0.1, 0.15) is 25.3 Å². The van der Waals surface area contributed by atoms with Crippen molar-refractivity contribution >= 4 is 39.8 Å². The lowest BCUT2D eigenvalue weighted by molar-refractivity contribution is -0.115. The fourth-order valence-electron chi connectivity index (χ4n) is 1.87. The second-order valence-corrected chi connectivity index (χ2v) is 7.92. The van der Waals surface area contributed by atoms with Gasteiger partial charge in [0.15, 0.2) is 4.34 Å². The number of carbonyl (C=O) groups excluding carboxylic acids is 1. The Bertz CT molecular complexity index is 669. The molecule has 3 rings (SSSR count). The summed E-state index contributed by atoms with van der Waals surface area (Å²) < 4.78 is 0.815. The van der Waals surface area contributed by atoms with Gasteiger partial charge in [0, 0.05) is 11.7 Å². The van der Waals surface area contributed by atoms with Gasteiger partial charge in [0.1, 0.15) is 0 Å². The predicted octanol–water partition coefficient (Wildman–Crippen LogP) is 3.54. The van der Waals surface area contributed by atoms with Crippen molar-refractivity contribution in [1.29, 1.82) is 0 Å². The van der Waals surface area contributed by atoms with E-state index in [4.69, 9.17) is 0 Å². The Morgan fingerprint density at radius 2 is 2.14 bits per heavy atom. The summed E-state index contributed by atoms with van der Waals surface area (Å²) in [5, 5.41) is 15.1. The molecule has 7 heteroatoms. The molecular formula is C15H18N4OS2. The maximum atomic E-state index is 12.3. The number of nitrogens with zero attached hydrogens (tertiary/aromatic N) is 2. The average molecular weight is 334 g/mol. The van der Waals surface area contributed by atoms with Gasteiger partial charge in [0.05, 0.1) is 5.25 Å². The molecule has 0 radical (unpaired) electrons. The van der Waals surface area contributed by atoms with E-state index in [9.17, 15) is 4.79 Å². The first-order chi connectivity index (χ1) is 10.6. The molecule has 22 heavy (non-hydrogen) atoms. The van der Waals surface area contributed by atoms with Crippen LogP contribution in [0, 0.1) is 6.92 Å². The van der Waals surface area contributed by atoms with Crippen molar-refractivity contribution < 1.29 is 4.79 Å². The highest BCUT2D eigenvalue weighted by Gasteiger charge is 2.23. The van der Waals surface area contributed by atoms with Crippen LogP contribution in [0.25, 0.3) is 0 Å². The number of benzene rings is 1. The molecule has 1 fully saturated rings. The summed E-state index contributed by atoms with van der Waals surface area (Å²) in [7, 11) is 0. The third-order valence-corrected chi connectivity index (χ3v) is 5.40. The summed E-state index contributed by atoms with van der Waals surface area (Å²) in [6.07, 6.45) is 2.41. The van der Waals surface area contributed by atoms with Crippen LogP contribution in [0.15, 0.2) is 28.6 Å². The Balaban J connectivity index is 1.56. The zero-order valence-corrected chi connectivity index (χ0v) is 14.1. The van der Waals surface area contributed by atoms with Gasteiger partial charge in [0.2, 0.25) is 11.0 Å². The van der Waals surface area contributed by atoms with E-state index in [1.807, 2.05) is 38.1 Å². The number of nitrogens with one attached hydrogen (secondary N) is 2. The van der Waals surface area contributed by atoms with Crippen LogP contribution >= 0.6 is 23.1 Å². The van der Waals surface area contributed by atoms with E-state index in [0.29, 0.717) is 6.04 Å². The molecule has 1 aliphatic carbocycles. The molecule has 1 unspecified atom stereocenters. The van der Waals surface area contributed by atoms with Gasteiger partial charge in [-0.3, -0.25) is 4.79 Å². The Morgan fingerprint density at radius 3 is 2.86 bits per heavy atom. The Kier molecular flexibility index (Phi) is 4.63. The number of carbonyl (C=O) groups is 1.